The summed E-state index contributed by atoms with van der Waals surface area (Å²) < 4.78 is 5.60. The molecule has 1 saturated carbocycles. The molecule has 3 aliphatic rings. The minimum atomic E-state index is -0.836. The van der Waals surface area contributed by atoms with Gasteiger partial charge < -0.3 is 14.7 Å². The maximum Gasteiger partial charge on any atom is 0.326 e. The molecule has 0 aromatic heterocycles. The highest BCUT2D eigenvalue weighted by atomic mass is 16.5. The molecule has 3 rings (SSSR count). The van der Waals surface area contributed by atoms with Crippen LogP contribution in [0.25, 0.3) is 0 Å². The zero-order chi connectivity index (χ0) is 14.1. The number of carbonyl (C=O) groups is 2. The predicted octanol–water partition coefficient (Wildman–Crippen LogP) is 1.66. The second-order valence-electron chi connectivity index (χ2n) is 6.38. The normalized spacial score (nSPS) is 36.9. The number of hydrogen-bond donors (Lipinski definition) is 1. The monoisotopic (exact) mass is 281 g/mol. The summed E-state index contributed by atoms with van der Waals surface area (Å²) in [6.45, 7) is 1.36. The zero-order valence-corrected chi connectivity index (χ0v) is 11.8. The largest absolute Gasteiger partial charge is 0.480 e. The standard InChI is InChI=1S/C15H23NO4/c17-13(8-11-5-1-2-7-20-11)16-9-10-4-3-6-12(10)14(16)15(18)19/h10-12,14H,1-9H2,(H,18,19). The number of ether oxygens (including phenoxy) is 1. The molecule has 5 nitrogen and oxygen atoms in total. The van der Waals surface area contributed by atoms with Crippen LogP contribution in [0.1, 0.15) is 44.9 Å². The fraction of sp³-hybridized carbons (Fsp3) is 0.867. The molecule has 2 saturated heterocycles. The first kappa shape index (κ1) is 13.9. The first-order chi connectivity index (χ1) is 9.66. The number of hydrogen-bond acceptors (Lipinski definition) is 3. The third-order valence-corrected chi connectivity index (χ3v) is 5.14. The van der Waals surface area contributed by atoms with Crippen LogP contribution in [0.15, 0.2) is 0 Å². The van der Waals surface area contributed by atoms with Crippen molar-refractivity contribution in [1.29, 1.82) is 0 Å². The molecule has 0 radical (unpaired) electrons. The van der Waals surface area contributed by atoms with Crippen LogP contribution in [0.5, 0.6) is 0 Å². The van der Waals surface area contributed by atoms with E-state index < -0.39 is 12.0 Å². The topological polar surface area (TPSA) is 66.8 Å². The van der Waals surface area contributed by atoms with Crippen molar-refractivity contribution in [3.8, 4) is 0 Å². The number of amides is 1. The number of fused-ring (bicyclic) bond motifs is 1. The van der Waals surface area contributed by atoms with Crippen LogP contribution in [0.4, 0.5) is 0 Å². The van der Waals surface area contributed by atoms with E-state index in [1.165, 1.54) is 0 Å². The van der Waals surface area contributed by atoms with Gasteiger partial charge >= 0.3 is 5.97 Å². The first-order valence-electron chi connectivity index (χ1n) is 7.80. The second kappa shape index (κ2) is 5.72. The van der Waals surface area contributed by atoms with E-state index in [-0.39, 0.29) is 17.9 Å². The smallest absolute Gasteiger partial charge is 0.326 e. The Balaban J connectivity index is 1.65. The van der Waals surface area contributed by atoms with Crippen LogP contribution >= 0.6 is 0 Å². The lowest BCUT2D eigenvalue weighted by Gasteiger charge is -2.28. The van der Waals surface area contributed by atoms with Gasteiger partial charge in [0.15, 0.2) is 0 Å². The quantitative estimate of drug-likeness (QED) is 0.854. The molecule has 0 aromatic carbocycles. The summed E-state index contributed by atoms with van der Waals surface area (Å²) in [4.78, 5) is 25.6. The lowest BCUT2D eigenvalue weighted by Crippen LogP contribution is -2.44. The number of aliphatic carboxylic acids is 1. The molecular formula is C15H23NO4. The molecule has 1 amide bonds. The van der Waals surface area contributed by atoms with Crippen molar-refractivity contribution in [2.24, 2.45) is 11.8 Å². The van der Waals surface area contributed by atoms with Gasteiger partial charge in [0.25, 0.3) is 0 Å². The van der Waals surface area contributed by atoms with E-state index in [4.69, 9.17) is 4.74 Å². The molecule has 2 aliphatic heterocycles. The second-order valence-corrected chi connectivity index (χ2v) is 6.38. The van der Waals surface area contributed by atoms with Gasteiger partial charge in [0.2, 0.25) is 5.91 Å². The first-order valence-corrected chi connectivity index (χ1v) is 7.80. The molecule has 0 spiro atoms. The molecule has 1 aliphatic carbocycles. The Morgan fingerprint density at radius 1 is 1.15 bits per heavy atom. The fourth-order valence-electron chi connectivity index (χ4n) is 4.16. The molecule has 112 valence electrons. The van der Waals surface area contributed by atoms with Crippen molar-refractivity contribution in [1.82, 2.24) is 4.90 Å². The van der Waals surface area contributed by atoms with Crippen LogP contribution in [0.3, 0.4) is 0 Å². The minimum Gasteiger partial charge on any atom is -0.480 e. The number of nitrogens with zero attached hydrogens (tertiary/aromatic N) is 1. The molecular weight excluding hydrogens is 258 g/mol. The molecule has 4 atom stereocenters. The molecule has 4 unspecified atom stereocenters. The highest BCUT2D eigenvalue weighted by Gasteiger charge is 2.49. The summed E-state index contributed by atoms with van der Waals surface area (Å²) in [6, 6.07) is -0.599. The third-order valence-electron chi connectivity index (χ3n) is 5.14. The third kappa shape index (κ3) is 2.55. The summed E-state index contributed by atoms with van der Waals surface area (Å²) >= 11 is 0. The Kier molecular flexibility index (Phi) is 3.96. The van der Waals surface area contributed by atoms with Gasteiger partial charge in [-0.05, 0) is 43.9 Å². The molecule has 20 heavy (non-hydrogen) atoms. The van der Waals surface area contributed by atoms with E-state index in [9.17, 15) is 14.7 Å². The van der Waals surface area contributed by atoms with Crippen LogP contribution in [-0.4, -0.2) is 47.2 Å². The van der Waals surface area contributed by atoms with Crippen molar-refractivity contribution >= 4 is 11.9 Å². The van der Waals surface area contributed by atoms with Gasteiger partial charge in [0, 0.05) is 13.2 Å². The van der Waals surface area contributed by atoms with Crippen molar-refractivity contribution in [3.05, 3.63) is 0 Å². The molecule has 3 fully saturated rings. The van der Waals surface area contributed by atoms with Gasteiger partial charge in [-0.1, -0.05) is 6.42 Å². The molecule has 5 heteroatoms. The van der Waals surface area contributed by atoms with Gasteiger partial charge in [0.1, 0.15) is 6.04 Å². The summed E-state index contributed by atoms with van der Waals surface area (Å²) in [7, 11) is 0. The molecule has 1 N–H and O–H groups in total. The summed E-state index contributed by atoms with van der Waals surface area (Å²) in [5.41, 5.74) is 0. The number of carboxylic acid groups (broad SMARTS) is 1. The van der Waals surface area contributed by atoms with E-state index in [2.05, 4.69) is 0 Å². The van der Waals surface area contributed by atoms with E-state index in [1.54, 1.807) is 4.90 Å². The summed E-state index contributed by atoms with van der Waals surface area (Å²) in [5.74, 6) is -0.299. The minimum absolute atomic E-state index is 0.00821. The average Bonchev–Trinajstić information content (AvgIpc) is 2.98. The van der Waals surface area contributed by atoms with Crippen LogP contribution in [-0.2, 0) is 14.3 Å². The Bertz CT molecular complexity index is 391. The van der Waals surface area contributed by atoms with E-state index >= 15 is 0 Å². The lowest BCUT2D eigenvalue weighted by atomic mass is 9.94. The highest BCUT2D eigenvalue weighted by molar-refractivity contribution is 5.85. The molecule has 2 heterocycles. The van der Waals surface area contributed by atoms with Crippen LogP contribution < -0.4 is 0 Å². The van der Waals surface area contributed by atoms with E-state index in [0.717, 1.165) is 45.1 Å². The Morgan fingerprint density at radius 3 is 2.70 bits per heavy atom. The van der Waals surface area contributed by atoms with E-state index in [1.807, 2.05) is 0 Å². The fourth-order valence-corrected chi connectivity index (χ4v) is 4.16. The summed E-state index contributed by atoms with van der Waals surface area (Å²) in [5, 5.41) is 9.46. The maximum absolute atomic E-state index is 12.4. The summed E-state index contributed by atoms with van der Waals surface area (Å²) in [6.07, 6.45) is 6.55. The van der Waals surface area contributed by atoms with Crippen molar-refractivity contribution in [2.45, 2.75) is 57.1 Å². The molecule has 0 bridgehead atoms. The highest BCUT2D eigenvalue weighted by Crippen LogP contribution is 2.42. The Morgan fingerprint density at radius 2 is 2.00 bits per heavy atom. The number of carbonyl (C=O) groups excluding carboxylic acids is 1. The lowest BCUT2D eigenvalue weighted by molar-refractivity contribution is -0.151. The SMILES string of the molecule is O=C(O)C1C2CCCC2CN1C(=O)CC1CCCCO1. The Labute approximate surface area is 119 Å². The Hall–Kier alpha value is -1.10. The van der Waals surface area contributed by atoms with Gasteiger partial charge in [-0.15, -0.1) is 0 Å². The number of rotatable bonds is 3. The van der Waals surface area contributed by atoms with Crippen molar-refractivity contribution in [3.63, 3.8) is 0 Å². The van der Waals surface area contributed by atoms with Crippen LogP contribution in [0.2, 0.25) is 0 Å². The predicted molar refractivity (Wildman–Crippen MR) is 72.2 cm³/mol. The maximum atomic E-state index is 12.4. The van der Waals surface area contributed by atoms with Crippen molar-refractivity contribution < 1.29 is 19.4 Å². The van der Waals surface area contributed by atoms with Gasteiger partial charge in [-0.25, -0.2) is 4.79 Å². The van der Waals surface area contributed by atoms with Crippen LogP contribution in [0, 0.1) is 11.8 Å². The molecule has 0 aromatic rings. The van der Waals surface area contributed by atoms with Gasteiger partial charge in [-0.2, -0.15) is 0 Å². The zero-order valence-electron chi connectivity index (χ0n) is 11.8. The average molecular weight is 281 g/mol. The van der Waals surface area contributed by atoms with Crippen molar-refractivity contribution in [2.75, 3.05) is 13.2 Å². The van der Waals surface area contributed by atoms with Gasteiger partial charge in [0.05, 0.1) is 12.5 Å². The number of carboxylic acids is 1. The number of likely N-dealkylation sites (tertiary alicyclic amines) is 1. The van der Waals surface area contributed by atoms with Gasteiger partial charge in [-0.3, -0.25) is 4.79 Å². The van der Waals surface area contributed by atoms with E-state index in [0.29, 0.717) is 18.9 Å².